The summed E-state index contributed by atoms with van der Waals surface area (Å²) < 4.78 is 5.12. The van der Waals surface area contributed by atoms with Crippen molar-refractivity contribution < 1.29 is 14.3 Å². The van der Waals surface area contributed by atoms with E-state index in [0.717, 1.165) is 43.7 Å². The number of anilines is 1. The lowest BCUT2D eigenvalue weighted by Gasteiger charge is -2.36. The van der Waals surface area contributed by atoms with Gasteiger partial charge in [-0.05, 0) is 50.5 Å². The van der Waals surface area contributed by atoms with Crippen LogP contribution in [0.25, 0.3) is 0 Å². The normalized spacial score (nSPS) is 20.4. The highest BCUT2D eigenvalue weighted by molar-refractivity contribution is 5.92. The molecule has 144 valence electrons. The van der Waals surface area contributed by atoms with Crippen LogP contribution >= 0.6 is 0 Å². The molecule has 1 aromatic carbocycles. The predicted octanol–water partition coefficient (Wildman–Crippen LogP) is 2.65. The molecule has 0 bridgehead atoms. The third-order valence-corrected chi connectivity index (χ3v) is 4.93. The number of methoxy groups -OCH3 is 1. The van der Waals surface area contributed by atoms with Crippen LogP contribution in [-0.2, 0) is 9.59 Å². The number of hydrogen-bond donors (Lipinski definition) is 2. The van der Waals surface area contributed by atoms with Crippen molar-refractivity contribution in [3.05, 3.63) is 24.3 Å². The summed E-state index contributed by atoms with van der Waals surface area (Å²) in [7, 11) is 1.61. The minimum absolute atomic E-state index is 0.0307. The van der Waals surface area contributed by atoms with E-state index in [2.05, 4.69) is 29.4 Å². The summed E-state index contributed by atoms with van der Waals surface area (Å²) >= 11 is 0. The minimum Gasteiger partial charge on any atom is -0.497 e. The summed E-state index contributed by atoms with van der Waals surface area (Å²) in [4.78, 5) is 26.8. The Morgan fingerprint density at radius 2 is 1.96 bits per heavy atom. The van der Waals surface area contributed by atoms with Crippen molar-refractivity contribution in [3.63, 3.8) is 0 Å². The average Bonchev–Trinajstić information content (AvgIpc) is 2.64. The average molecular weight is 361 g/mol. The van der Waals surface area contributed by atoms with Gasteiger partial charge in [0.25, 0.3) is 0 Å². The van der Waals surface area contributed by atoms with Gasteiger partial charge in [-0.2, -0.15) is 0 Å². The number of rotatable bonds is 8. The molecule has 1 aliphatic heterocycles. The molecule has 0 unspecified atom stereocenters. The molecule has 1 fully saturated rings. The Hall–Kier alpha value is -2.08. The van der Waals surface area contributed by atoms with Crippen molar-refractivity contribution in [2.24, 2.45) is 5.92 Å². The van der Waals surface area contributed by atoms with Crippen LogP contribution in [0.5, 0.6) is 5.75 Å². The number of carbonyl (C=O) groups is 2. The highest BCUT2D eigenvalue weighted by Crippen LogP contribution is 2.22. The molecule has 1 aromatic rings. The molecule has 26 heavy (non-hydrogen) atoms. The Morgan fingerprint density at radius 3 is 2.62 bits per heavy atom. The number of amides is 2. The van der Waals surface area contributed by atoms with Gasteiger partial charge in [0.2, 0.25) is 11.8 Å². The van der Waals surface area contributed by atoms with Crippen molar-refractivity contribution in [2.45, 2.75) is 45.6 Å². The zero-order valence-corrected chi connectivity index (χ0v) is 16.1. The fourth-order valence-electron chi connectivity index (χ4n) is 3.21. The maximum Gasteiger partial charge on any atom is 0.238 e. The van der Waals surface area contributed by atoms with E-state index in [1.54, 1.807) is 7.11 Å². The first kappa shape index (κ1) is 20.2. The fraction of sp³-hybridized carbons (Fsp3) is 0.600. The Labute approximate surface area is 156 Å². The highest BCUT2D eigenvalue weighted by Gasteiger charge is 2.30. The molecule has 1 aliphatic rings. The quantitative estimate of drug-likeness (QED) is 0.699. The van der Waals surface area contributed by atoms with Crippen LogP contribution in [0.4, 0.5) is 5.69 Å². The summed E-state index contributed by atoms with van der Waals surface area (Å²) in [5.74, 6) is 0.779. The standard InChI is InChI=1S/C20H31N3O3/c1-4-5-12-21-20(25)16-7-6-15(2)23(13-16)14-19(24)22-17-8-10-18(26-3)11-9-17/h8-11,15-16H,4-7,12-14H2,1-3H3,(H,21,25)(H,22,24)/t15-,16+/m0/s1. The lowest BCUT2D eigenvalue weighted by Crippen LogP contribution is -2.49. The van der Waals surface area contributed by atoms with E-state index in [4.69, 9.17) is 4.74 Å². The number of nitrogens with one attached hydrogen (secondary N) is 2. The van der Waals surface area contributed by atoms with Gasteiger partial charge in [-0.1, -0.05) is 13.3 Å². The molecule has 0 aliphatic carbocycles. The number of ether oxygens (including phenoxy) is 1. The van der Waals surface area contributed by atoms with Gasteiger partial charge in [0, 0.05) is 24.8 Å². The van der Waals surface area contributed by atoms with Crippen molar-refractivity contribution in [2.75, 3.05) is 32.1 Å². The molecule has 2 rings (SSSR count). The third-order valence-electron chi connectivity index (χ3n) is 4.93. The van der Waals surface area contributed by atoms with E-state index in [0.29, 0.717) is 19.1 Å². The van der Waals surface area contributed by atoms with Gasteiger partial charge in [-0.15, -0.1) is 0 Å². The van der Waals surface area contributed by atoms with Crippen molar-refractivity contribution in [3.8, 4) is 5.75 Å². The van der Waals surface area contributed by atoms with Crippen LogP contribution < -0.4 is 15.4 Å². The maximum atomic E-state index is 12.4. The number of nitrogens with zero attached hydrogens (tertiary/aromatic N) is 1. The molecule has 1 saturated heterocycles. The number of benzene rings is 1. The lowest BCUT2D eigenvalue weighted by molar-refractivity contribution is -0.128. The number of hydrogen-bond acceptors (Lipinski definition) is 4. The van der Waals surface area contributed by atoms with Gasteiger partial charge in [-0.25, -0.2) is 0 Å². The van der Waals surface area contributed by atoms with E-state index in [1.165, 1.54) is 0 Å². The van der Waals surface area contributed by atoms with Crippen LogP contribution in [0.2, 0.25) is 0 Å². The molecular weight excluding hydrogens is 330 g/mol. The highest BCUT2D eigenvalue weighted by atomic mass is 16.5. The molecule has 2 amide bonds. The summed E-state index contributed by atoms with van der Waals surface area (Å²) in [5, 5.41) is 5.92. The molecule has 0 spiro atoms. The molecule has 6 heteroatoms. The maximum absolute atomic E-state index is 12.4. The van der Waals surface area contributed by atoms with Gasteiger partial charge >= 0.3 is 0 Å². The smallest absolute Gasteiger partial charge is 0.238 e. The Morgan fingerprint density at radius 1 is 1.23 bits per heavy atom. The number of unbranched alkanes of at least 4 members (excludes halogenated alkanes) is 1. The molecule has 2 N–H and O–H groups in total. The van der Waals surface area contributed by atoms with Gasteiger partial charge in [0.05, 0.1) is 19.6 Å². The molecule has 2 atom stereocenters. The first-order chi connectivity index (χ1) is 12.5. The number of likely N-dealkylation sites (tertiary alicyclic amines) is 1. The fourth-order valence-corrected chi connectivity index (χ4v) is 3.21. The van der Waals surface area contributed by atoms with Gasteiger partial charge in [0.15, 0.2) is 0 Å². The van der Waals surface area contributed by atoms with Gasteiger partial charge < -0.3 is 15.4 Å². The molecule has 0 saturated carbocycles. The summed E-state index contributed by atoms with van der Waals surface area (Å²) in [6.45, 7) is 5.89. The first-order valence-corrected chi connectivity index (χ1v) is 9.49. The molecule has 0 radical (unpaired) electrons. The zero-order chi connectivity index (χ0) is 18.9. The molecule has 1 heterocycles. The predicted molar refractivity (Wildman–Crippen MR) is 103 cm³/mol. The van der Waals surface area contributed by atoms with Crippen LogP contribution in [0.3, 0.4) is 0 Å². The second-order valence-electron chi connectivity index (χ2n) is 6.97. The molecular formula is C20H31N3O3. The Bertz CT molecular complexity index is 588. The van der Waals surface area contributed by atoms with Crippen LogP contribution in [0, 0.1) is 5.92 Å². The van der Waals surface area contributed by atoms with Gasteiger partial charge in [-0.3, -0.25) is 14.5 Å². The van der Waals surface area contributed by atoms with E-state index in [-0.39, 0.29) is 17.7 Å². The first-order valence-electron chi connectivity index (χ1n) is 9.49. The third kappa shape index (κ3) is 6.02. The second-order valence-corrected chi connectivity index (χ2v) is 6.97. The van der Waals surface area contributed by atoms with E-state index >= 15 is 0 Å². The largest absolute Gasteiger partial charge is 0.497 e. The second kappa shape index (κ2) is 10.2. The Kier molecular flexibility index (Phi) is 7.91. The Balaban J connectivity index is 1.85. The van der Waals surface area contributed by atoms with Crippen molar-refractivity contribution in [1.82, 2.24) is 10.2 Å². The monoisotopic (exact) mass is 361 g/mol. The van der Waals surface area contributed by atoms with Crippen LogP contribution in [0.1, 0.15) is 39.5 Å². The van der Waals surface area contributed by atoms with E-state index < -0.39 is 0 Å². The summed E-state index contributed by atoms with van der Waals surface area (Å²) in [6.07, 6.45) is 3.89. The van der Waals surface area contributed by atoms with Crippen molar-refractivity contribution >= 4 is 17.5 Å². The zero-order valence-electron chi connectivity index (χ0n) is 16.1. The SMILES string of the molecule is CCCCNC(=O)[C@@H]1CC[C@H](C)N(CC(=O)Nc2ccc(OC)cc2)C1. The summed E-state index contributed by atoms with van der Waals surface area (Å²) in [6, 6.07) is 7.57. The molecule has 0 aromatic heterocycles. The van der Waals surface area contributed by atoms with Crippen molar-refractivity contribution in [1.29, 1.82) is 0 Å². The van der Waals surface area contributed by atoms with Crippen LogP contribution in [0.15, 0.2) is 24.3 Å². The van der Waals surface area contributed by atoms with Gasteiger partial charge in [0.1, 0.15) is 5.75 Å². The lowest BCUT2D eigenvalue weighted by atomic mass is 9.92. The topological polar surface area (TPSA) is 70.7 Å². The number of carbonyl (C=O) groups excluding carboxylic acids is 2. The van der Waals surface area contributed by atoms with E-state index in [1.807, 2.05) is 24.3 Å². The number of piperidine rings is 1. The summed E-state index contributed by atoms with van der Waals surface area (Å²) in [5.41, 5.74) is 0.745. The minimum atomic E-state index is -0.0611. The molecule has 6 nitrogen and oxygen atoms in total. The van der Waals surface area contributed by atoms with Crippen LogP contribution in [-0.4, -0.2) is 49.5 Å². The van der Waals surface area contributed by atoms with E-state index in [9.17, 15) is 9.59 Å².